The molecular formula is C24H28F4N3O3+. The number of rotatable bonds is 4. The van der Waals surface area contributed by atoms with E-state index in [1.807, 2.05) is 13.8 Å². The van der Waals surface area contributed by atoms with Gasteiger partial charge in [0.1, 0.15) is 18.8 Å². The molecule has 2 saturated heterocycles. The number of benzene rings is 1. The highest BCUT2D eigenvalue weighted by Gasteiger charge is 2.94. The first-order valence-electron chi connectivity index (χ1n) is 11.4. The predicted molar refractivity (Wildman–Crippen MR) is 115 cm³/mol. The van der Waals surface area contributed by atoms with E-state index in [0.717, 1.165) is 6.07 Å². The van der Waals surface area contributed by atoms with Crippen molar-refractivity contribution < 1.29 is 36.3 Å². The number of piperidine rings is 1. The Kier molecular flexibility index (Phi) is 4.83. The van der Waals surface area contributed by atoms with Gasteiger partial charge in [0.2, 0.25) is 5.54 Å². The number of carbonyl (C=O) groups is 1. The van der Waals surface area contributed by atoms with E-state index >= 15 is 4.39 Å². The summed E-state index contributed by atoms with van der Waals surface area (Å²) < 4.78 is 69.3. The van der Waals surface area contributed by atoms with E-state index in [-0.39, 0.29) is 49.1 Å². The van der Waals surface area contributed by atoms with E-state index in [2.05, 4.69) is 0 Å². The highest BCUT2D eigenvalue weighted by atomic mass is 19.4. The SMILES string of the molecule is COc1cc(C(=O)N2CC[C@]34c5ccc(C(F)(F)F)n5CC[N+]3(C)[C@]4(F)C2)ccc1OC(C)C. The van der Waals surface area contributed by atoms with Crippen molar-refractivity contribution in [1.82, 2.24) is 9.47 Å². The fourth-order valence-corrected chi connectivity index (χ4v) is 6.22. The second-order valence-corrected chi connectivity index (χ2v) is 9.80. The van der Waals surface area contributed by atoms with Gasteiger partial charge in [-0.1, -0.05) is 0 Å². The molecule has 0 bridgehead atoms. The first kappa shape index (κ1) is 23.0. The molecule has 1 aromatic heterocycles. The van der Waals surface area contributed by atoms with Gasteiger partial charge in [0.25, 0.3) is 5.91 Å². The second kappa shape index (κ2) is 7.13. The number of likely N-dealkylation sites (N-methyl/N-ethyl adjacent to an activating group) is 1. The molecule has 5 rings (SSSR count). The molecule has 184 valence electrons. The largest absolute Gasteiger partial charge is 0.493 e. The number of amides is 1. The molecule has 2 aromatic rings. The topological polar surface area (TPSA) is 43.7 Å². The van der Waals surface area contributed by atoms with Crippen LogP contribution in [-0.2, 0) is 18.3 Å². The number of aromatic nitrogens is 1. The molecule has 3 atom stereocenters. The third kappa shape index (κ3) is 2.80. The highest BCUT2D eigenvalue weighted by Crippen LogP contribution is 2.71. The summed E-state index contributed by atoms with van der Waals surface area (Å²) in [4.78, 5) is 14.8. The second-order valence-electron chi connectivity index (χ2n) is 9.80. The third-order valence-electron chi connectivity index (χ3n) is 7.88. The Hall–Kier alpha value is -2.75. The monoisotopic (exact) mass is 482 g/mol. The summed E-state index contributed by atoms with van der Waals surface area (Å²) in [7, 11) is 3.23. The van der Waals surface area contributed by atoms with Crippen LogP contribution in [0.3, 0.4) is 0 Å². The van der Waals surface area contributed by atoms with Gasteiger partial charge in [-0.25, -0.2) is 0 Å². The quantitative estimate of drug-likeness (QED) is 0.284. The summed E-state index contributed by atoms with van der Waals surface area (Å²) in [5, 5.41) is 0. The Labute approximate surface area is 195 Å². The van der Waals surface area contributed by atoms with Crippen molar-refractivity contribution in [2.24, 2.45) is 0 Å². The van der Waals surface area contributed by atoms with Crippen LogP contribution in [0.4, 0.5) is 17.6 Å². The summed E-state index contributed by atoms with van der Waals surface area (Å²) in [6.45, 7) is 4.15. The van der Waals surface area contributed by atoms with Gasteiger partial charge in [-0.3, -0.25) is 9.28 Å². The van der Waals surface area contributed by atoms with Gasteiger partial charge >= 0.3 is 12.0 Å². The molecule has 1 amide bonds. The zero-order valence-electron chi connectivity index (χ0n) is 19.6. The Balaban J connectivity index is 1.43. The van der Waals surface area contributed by atoms with Gasteiger partial charge in [0.05, 0.1) is 32.5 Å². The number of hydrogen-bond donors (Lipinski definition) is 0. The van der Waals surface area contributed by atoms with Crippen LogP contribution in [-0.4, -0.2) is 65.5 Å². The number of fused-ring (bicyclic) bond motifs is 2. The van der Waals surface area contributed by atoms with Crippen molar-refractivity contribution in [3.8, 4) is 11.5 Å². The molecule has 3 aliphatic heterocycles. The minimum Gasteiger partial charge on any atom is -0.493 e. The number of methoxy groups -OCH3 is 1. The maximum Gasteiger partial charge on any atom is 0.431 e. The van der Waals surface area contributed by atoms with E-state index in [1.54, 1.807) is 25.2 Å². The zero-order valence-corrected chi connectivity index (χ0v) is 19.6. The number of hydrogen-bond acceptors (Lipinski definition) is 3. The molecule has 4 heterocycles. The molecular weight excluding hydrogens is 454 g/mol. The van der Waals surface area contributed by atoms with E-state index in [1.165, 1.54) is 22.6 Å². The van der Waals surface area contributed by atoms with Crippen LogP contribution in [0.15, 0.2) is 30.3 Å². The van der Waals surface area contributed by atoms with Gasteiger partial charge in [-0.2, -0.15) is 17.6 Å². The average Bonchev–Trinajstić information content (AvgIpc) is 3.03. The number of carbonyl (C=O) groups excluding carboxylic acids is 1. The molecule has 34 heavy (non-hydrogen) atoms. The summed E-state index contributed by atoms with van der Waals surface area (Å²) in [6.07, 6.45) is -4.32. The van der Waals surface area contributed by atoms with Crippen LogP contribution >= 0.6 is 0 Å². The predicted octanol–water partition coefficient (Wildman–Crippen LogP) is 4.18. The number of likely N-dealkylation sites (tertiary alicyclic amines) is 1. The lowest BCUT2D eigenvalue weighted by atomic mass is 9.90. The molecule has 0 saturated carbocycles. The molecule has 0 aliphatic carbocycles. The summed E-state index contributed by atoms with van der Waals surface area (Å²) in [5.41, 5.74) is -1.10. The van der Waals surface area contributed by atoms with Crippen LogP contribution < -0.4 is 9.47 Å². The summed E-state index contributed by atoms with van der Waals surface area (Å²) in [6, 6.07) is 7.31. The number of nitrogens with zero attached hydrogens (tertiary/aromatic N) is 3. The lowest BCUT2D eigenvalue weighted by Crippen LogP contribution is -2.46. The van der Waals surface area contributed by atoms with Gasteiger partial charge < -0.3 is 18.9 Å². The fraction of sp³-hybridized carbons (Fsp3) is 0.542. The molecule has 1 spiro atoms. The van der Waals surface area contributed by atoms with Crippen molar-refractivity contribution in [3.63, 3.8) is 0 Å². The Morgan fingerprint density at radius 2 is 1.88 bits per heavy atom. The van der Waals surface area contributed by atoms with Crippen molar-refractivity contribution >= 4 is 5.91 Å². The lowest BCUT2D eigenvalue weighted by molar-refractivity contribution is -0.851. The van der Waals surface area contributed by atoms with E-state index < -0.39 is 23.2 Å². The van der Waals surface area contributed by atoms with Crippen molar-refractivity contribution in [1.29, 1.82) is 0 Å². The summed E-state index contributed by atoms with van der Waals surface area (Å²) >= 11 is 0. The molecule has 0 N–H and O–H groups in total. The van der Waals surface area contributed by atoms with E-state index in [9.17, 15) is 18.0 Å². The molecule has 0 radical (unpaired) electrons. The van der Waals surface area contributed by atoms with Crippen molar-refractivity contribution in [2.75, 3.05) is 33.8 Å². The minimum atomic E-state index is -4.50. The van der Waals surface area contributed by atoms with Crippen LogP contribution in [0.1, 0.15) is 42.0 Å². The molecule has 1 unspecified atom stereocenters. The van der Waals surface area contributed by atoms with Crippen LogP contribution in [0, 0.1) is 0 Å². The van der Waals surface area contributed by atoms with Gasteiger partial charge in [0, 0.05) is 18.5 Å². The zero-order chi connectivity index (χ0) is 24.7. The number of quaternary nitrogens is 1. The van der Waals surface area contributed by atoms with Gasteiger partial charge in [-0.15, -0.1) is 0 Å². The first-order chi connectivity index (χ1) is 15.9. The number of alkyl halides is 4. The maximum atomic E-state index is 16.6. The normalized spacial score (nSPS) is 29.9. The smallest absolute Gasteiger partial charge is 0.431 e. The first-order valence-corrected chi connectivity index (χ1v) is 11.4. The standard InChI is InChI=1S/C24H28F4N3O3/c1-15(2)34-17-6-5-16(13-18(17)33-4)21(32)29-10-9-22-19-7-8-20(24(26,27)28)30(19)11-12-31(22,3)23(22,25)14-29/h5-8,13,15H,9-12,14H2,1-4H3/q+1/t22-,23-,31?/m1/s1. The number of ether oxygens (including phenoxy) is 2. The number of halogens is 4. The molecule has 2 fully saturated rings. The van der Waals surface area contributed by atoms with Gasteiger partial charge in [0.15, 0.2) is 11.5 Å². The Morgan fingerprint density at radius 1 is 1.15 bits per heavy atom. The molecule has 10 heteroatoms. The van der Waals surface area contributed by atoms with Crippen molar-refractivity contribution in [2.45, 2.75) is 50.4 Å². The van der Waals surface area contributed by atoms with Crippen LogP contribution in [0.2, 0.25) is 0 Å². The minimum absolute atomic E-state index is 0.00439. The van der Waals surface area contributed by atoms with E-state index in [0.29, 0.717) is 22.8 Å². The molecule has 6 nitrogen and oxygen atoms in total. The van der Waals surface area contributed by atoms with Crippen molar-refractivity contribution in [3.05, 3.63) is 47.3 Å². The van der Waals surface area contributed by atoms with Gasteiger partial charge in [-0.05, 0) is 44.2 Å². The lowest BCUT2D eigenvalue weighted by Gasteiger charge is -2.31. The molecule has 3 aliphatic rings. The summed E-state index contributed by atoms with van der Waals surface area (Å²) in [5.74, 6) is -1.28. The highest BCUT2D eigenvalue weighted by molar-refractivity contribution is 5.95. The Morgan fingerprint density at radius 3 is 2.53 bits per heavy atom. The van der Waals surface area contributed by atoms with E-state index in [4.69, 9.17) is 9.47 Å². The van der Waals surface area contributed by atoms with Crippen LogP contribution in [0.25, 0.3) is 0 Å². The Bertz CT molecular complexity index is 1160. The molecule has 1 aromatic carbocycles. The van der Waals surface area contributed by atoms with Crippen LogP contribution in [0.5, 0.6) is 11.5 Å². The fourth-order valence-electron chi connectivity index (χ4n) is 6.22. The average molecular weight is 482 g/mol. The maximum absolute atomic E-state index is 16.6. The third-order valence-corrected chi connectivity index (χ3v) is 7.88.